The summed E-state index contributed by atoms with van der Waals surface area (Å²) in [5, 5.41) is 0. The average molecular weight is 736 g/mol. The van der Waals surface area contributed by atoms with Gasteiger partial charge in [-0.2, -0.15) is 0 Å². The van der Waals surface area contributed by atoms with E-state index in [2.05, 4.69) is 0 Å². The molecule has 1 fully saturated rings. The predicted octanol–water partition coefficient (Wildman–Crippen LogP) is 0.827. The van der Waals surface area contributed by atoms with Gasteiger partial charge >= 0.3 is 0 Å². The van der Waals surface area contributed by atoms with E-state index < -0.39 is 0 Å². The molecule has 0 saturated heterocycles. The van der Waals surface area contributed by atoms with E-state index in [0.717, 1.165) is 0 Å². The van der Waals surface area contributed by atoms with Crippen molar-refractivity contribution in [2.45, 2.75) is 44.9 Å². The standard InChI is InChI=1S/C7H14.5Te/c1-2-4-6-7-5-3-1;;;;;/h1-7H2;;;;;. The van der Waals surface area contributed by atoms with Gasteiger partial charge in [0.1, 0.15) is 0 Å². The van der Waals surface area contributed by atoms with Gasteiger partial charge in [-0.05, 0) is 0 Å². The minimum atomic E-state index is 0. The minimum Gasteiger partial charge on any atom is -0.0533 e. The zero-order valence-electron chi connectivity index (χ0n) is 6.99. The third-order valence-corrected chi connectivity index (χ3v) is 1.75. The maximum absolute atomic E-state index is 1.50. The summed E-state index contributed by atoms with van der Waals surface area (Å²) in [5.41, 5.74) is 0. The second kappa shape index (κ2) is 24.3. The molecule has 1 saturated carbocycles. The van der Waals surface area contributed by atoms with Crippen LogP contribution in [-0.4, -0.2) is 118 Å². The van der Waals surface area contributed by atoms with Gasteiger partial charge in [-0.25, -0.2) is 0 Å². The first kappa shape index (κ1) is 29.7. The van der Waals surface area contributed by atoms with Gasteiger partial charge in [0, 0.05) is 118 Å². The maximum Gasteiger partial charge on any atom is 0 e. The van der Waals surface area contributed by atoms with Crippen LogP contribution in [0.3, 0.4) is 0 Å². The molecule has 0 unspecified atom stereocenters. The van der Waals surface area contributed by atoms with E-state index >= 15 is 0 Å². The topological polar surface area (TPSA) is 0 Å². The molecule has 0 amide bonds. The zero-order chi connectivity index (χ0) is 4.95. The van der Waals surface area contributed by atoms with E-state index in [1.165, 1.54) is 44.9 Å². The van der Waals surface area contributed by atoms with Gasteiger partial charge in [-0.15, -0.1) is 0 Å². The summed E-state index contributed by atoms with van der Waals surface area (Å²) in [7, 11) is 0. The third-order valence-electron chi connectivity index (χ3n) is 1.75. The van der Waals surface area contributed by atoms with Crippen LogP contribution < -0.4 is 0 Å². The molecule has 12 heavy (non-hydrogen) atoms. The van der Waals surface area contributed by atoms with Crippen LogP contribution in [0.5, 0.6) is 0 Å². The van der Waals surface area contributed by atoms with E-state index in [9.17, 15) is 0 Å². The Bertz CT molecular complexity index is 31.4. The summed E-state index contributed by atoms with van der Waals surface area (Å²) < 4.78 is 0. The molecule has 1 rings (SSSR count). The monoisotopic (exact) mass is 748 g/mol. The molecule has 0 aromatic carbocycles. The molecular formula is C7H14Te5. The largest absolute Gasteiger partial charge is 0.0533 e. The molecular weight excluding hydrogens is 722 g/mol. The van der Waals surface area contributed by atoms with E-state index in [-0.39, 0.29) is 118 Å². The van der Waals surface area contributed by atoms with Gasteiger partial charge in [0.05, 0.1) is 0 Å². The van der Waals surface area contributed by atoms with Crippen LogP contribution in [0.4, 0.5) is 0 Å². The molecule has 0 aliphatic heterocycles. The van der Waals surface area contributed by atoms with E-state index in [1.54, 1.807) is 0 Å². The van der Waals surface area contributed by atoms with Crippen molar-refractivity contribution in [3.63, 3.8) is 0 Å². The first-order chi connectivity index (χ1) is 3.50. The van der Waals surface area contributed by atoms with Crippen LogP contribution in [0.1, 0.15) is 44.9 Å². The van der Waals surface area contributed by atoms with Crippen molar-refractivity contribution in [1.82, 2.24) is 0 Å². The Morgan fingerprint density at radius 2 is 0.333 bits per heavy atom. The Morgan fingerprint density at radius 3 is 0.417 bits per heavy atom. The van der Waals surface area contributed by atoms with Crippen molar-refractivity contribution >= 4 is 118 Å². The Kier molecular flexibility index (Phi) is 60.1. The molecule has 1 aliphatic carbocycles. The average Bonchev–Trinajstić information content (AvgIpc) is 1.90. The van der Waals surface area contributed by atoms with Gasteiger partial charge in [0.25, 0.3) is 0 Å². The smallest absolute Gasteiger partial charge is 0 e. The molecule has 0 nitrogen and oxygen atoms in total. The third kappa shape index (κ3) is 19.5. The molecule has 0 aromatic rings. The predicted molar refractivity (Wildman–Crippen MR) is 61.1 cm³/mol. The van der Waals surface area contributed by atoms with Crippen molar-refractivity contribution in [3.8, 4) is 0 Å². The van der Waals surface area contributed by atoms with E-state index in [4.69, 9.17) is 0 Å². The molecule has 0 spiro atoms. The van der Waals surface area contributed by atoms with Crippen LogP contribution in [0, 0.1) is 0 Å². The Morgan fingerprint density at radius 1 is 0.250 bits per heavy atom. The fourth-order valence-corrected chi connectivity index (χ4v) is 1.24. The van der Waals surface area contributed by atoms with Crippen LogP contribution in [0.15, 0.2) is 0 Å². The molecule has 72 valence electrons. The Balaban J connectivity index is -0.0000000327. The van der Waals surface area contributed by atoms with Crippen molar-refractivity contribution in [3.05, 3.63) is 0 Å². The van der Waals surface area contributed by atoms with Gasteiger partial charge in [-0.1, -0.05) is 44.9 Å². The number of rotatable bonds is 0. The summed E-state index contributed by atoms with van der Waals surface area (Å²) >= 11 is 0. The molecule has 0 heterocycles. The summed E-state index contributed by atoms with van der Waals surface area (Å²) in [5.74, 6) is 0. The molecule has 0 N–H and O–H groups in total. The fraction of sp³-hybridized carbons (Fsp3) is 1.00. The van der Waals surface area contributed by atoms with Gasteiger partial charge in [-0.3, -0.25) is 0 Å². The molecule has 10 radical (unpaired) electrons. The van der Waals surface area contributed by atoms with E-state index in [1.807, 2.05) is 0 Å². The van der Waals surface area contributed by atoms with Crippen molar-refractivity contribution in [1.29, 1.82) is 0 Å². The summed E-state index contributed by atoms with van der Waals surface area (Å²) in [6.07, 6.45) is 10.5. The van der Waals surface area contributed by atoms with Crippen LogP contribution >= 0.6 is 0 Å². The van der Waals surface area contributed by atoms with Gasteiger partial charge in [0.15, 0.2) is 0 Å². The second-order valence-electron chi connectivity index (χ2n) is 2.47. The fourth-order valence-electron chi connectivity index (χ4n) is 1.24. The first-order valence-electron chi connectivity index (χ1n) is 3.50. The van der Waals surface area contributed by atoms with Gasteiger partial charge in [0.2, 0.25) is 0 Å². The van der Waals surface area contributed by atoms with Crippen molar-refractivity contribution < 1.29 is 0 Å². The quantitative estimate of drug-likeness (QED) is 0.256. The van der Waals surface area contributed by atoms with Crippen LogP contribution in [0.2, 0.25) is 0 Å². The summed E-state index contributed by atoms with van der Waals surface area (Å²) in [4.78, 5) is 0. The van der Waals surface area contributed by atoms with Crippen LogP contribution in [-0.2, 0) is 0 Å². The van der Waals surface area contributed by atoms with Crippen LogP contribution in [0.25, 0.3) is 0 Å². The SMILES string of the molecule is C1CCCCCC1.[Te].[Te].[Te].[Te].[Te]. The maximum atomic E-state index is 1.50. The molecule has 0 aromatic heterocycles. The molecule has 0 bridgehead atoms. The minimum absolute atomic E-state index is 0. The molecule has 5 heteroatoms. The summed E-state index contributed by atoms with van der Waals surface area (Å²) in [6, 6.07) is 0. The normalized spacial score (nSPS) is 14.0. The second-order valence-corrected chi connectivity index (χ2v) is 2.47. The Labute approximate surface area is 160 Å². The van der Waals surface area contributed by atoms with E-state index in [0.29, 0.717) is 0 Å². The summed E-state index contributed by atoms with van der Waals surface area (Å²) in [6.45, 7) is 0. The molecule has 0 atom stereocenters. The molecule has 1 aliphatic rings. The van der Waals surface area contributed by atoms with Crippen molar-refractivity contribution in [2.75, 3.05) is 0 Å². The number of hydrogen-bond acceptors (Lipinski definition) is 0. The van der Waals surface area contributed by atoms with Gasteiger partial charge < -0.3 is 0 Å². The first-order valence-corrected chi connectivity index (χ1v) is 3.50. The Hall–Kier alpha value is 3.95. The zero-order valence-corrected chi connectivity index (χ0v) is 18.6. The van der Waals surface area contributed by atoms with Crippen molar-refractivity contribution in [2.24, 2.45) is 0 Å². The number of hydrogen-bond donors (Lipinski definition) is 0.